The summed E-state index contributed by atoms with van der Waals surface area (Å²) in [6, 6.07) is 0. The summed E-state index contributed by atoms with van der Waals surface area (Å²) < 4.78 is 0.750. The maximum atomic E-state index is 9.99. The van der Waals surface area contributed by atoms with Crippen molar-refractivity contribution in [2.24, 2.45) is 0 Å². The highest BCUT2D eigenvalue weighted by molar-refractivity contribution is 8.93. The Balaban J connectivity index is 0.000000360. The van der Waals surface area contributed by atoms with Gasteiger partial charge in [0.05, 0.1) is 4.76 Å². The van der Waals surface area contributed by atoms with Crippen molar-refractivity contribution in [3.8, 4) is 0 Å². The van der Waals surface area contributed by atoms with Gasteiger partial charge in [-0.05, 0) is 0 Å². The molecule has 0 atom stereocenters. The first-order valence-electron chi connectivity index (χ1n) is 1.70. The van der Waals surface area contributed by atoms with Gasteiger partial charge in [0, 0.05) is 17.1 Å². The molecular formula is C4H5BrNO+. The van der Waals surface area contributed by atoms with Crippen LogP contribution in [0.25, 0.3) is 0 Å². The van der Waals surface area contributed by atoms with Crippen LogP contribution in [0.15, 0.2) is 24.6 Å². The molecule has 0 aliphatic carbocycles. The molecule has 0 unspecified atom stereocenters. The number of nitroso groups, excluding NO2 is 1. The van der Waals surface area contributed by atoms with E-state index in [1.165, 1.54) is 12.4 Å². The summed E-state index contributed by atoms with van der Waals surface area (Å²) >= 11 is 0. The molecule has 3 heteroatoms. The van der Waals surface area contributed by atoms with Crippen molar-refractivity contribution in [1.29, 1.82) is 0 Å². The van der Waals surface area contributed by atoms with Crippen LogP contribution in [-0.4, -0.2) is 4.76 Å². The van der Waals surface area contributed by atoms with Crippen LogP contribution < -0.4 is 0 Å². The highest BCUT2D eigenvalue weighted by Crippen LogP contribution is 1.88. The maximum absolute atomic E-state index is 9.99. The molecule has 0 bridgehead atoms. The van der Waals surface area contributed by atoms with Crippen molar-refractivity contribution in [3.63, 3.8) is 0 Å². The highest BCUT2D eigenvalue weighted by atomic mass is 79.9. The lowest BCUT2D eigenvalue weighted by Gasteiger charge is -1.53. The van der Waals surface area contributed by atoms with Gasteiger partial charge in [0.25, 0.3) is 0 Å². The largest absolute Gasteiger partial charge is 0.227 e. The molecule has 38 valence electrons. The molecule has 0 fully saturated rings. The third-order valence-electron chi connectivity index (χ3n) is 0.577. The van der Waals surface area contributed by atoms with Crippen LogP contribution in [0.2, 0.25) is 0 Å². The first-order valence-corrected chi connectivity index (χ1v) is 1.70. The van der Waals surface area contributed by atoms with Crippen LogP contribution in [-0.2, 0) is 0 Å². The summed E-state index contributed by atoms with van der Waals surface area (Å²) in [5.41, 5.74) is 0. The molecular weight excluding hydrogens is 158 g/mol. The Morgan fingerprint density at radius 3 is 1.71 bits per heavy atom. The van der Waals surface area contributed by atoms with E-state index < -0.39 is 0 Å². The molecule has 1 rings (SSSR count). The molecule has 2 nitrogen and oxygen atoms in total. The first-order chi connectivity index (χ1) is 2.89. The summed E-state index contributed by atoms with van der Waals surface area (Å²) in [4.78, 5) is 9.99. The van der Waals surface area contributed by atoms with E-state index in [9.17, 15) is 4.91 Å². The zero-order valence-corrected chi connectivity index (χ0v) is 5.29. The molecule has 0 N–H and O–H groups in total. The van der Waals surface area contributed by atoms with Gasteiger partial charge >= 0.3 is 0 Å². The van der Waals surface area contributed by atoms with E-state index in [2.05, 4.69) is 0 Å². The van der Waals surface area contributed by atoms with Gasteiger partial charge in [-0.3, -0.25) is 0 Å². The normalized spacial score (nSPS) is 14.6. The Kier molecular flexibility index (Phi) is 2.52. The molecule has 0 aromatic heterocycles. The van der Waals surface area contributed by atoms with E-state index in [1.54, 1.807) is 12.2 Å². The fourth-order valence-corrected chi connectivity index (χ4v) is 0.319. The van der Waals surface area contributed by atoms with Crippen LogP contribution >= 0.6 is 17.0 Å². The molecule has 0 saturated heterocycles. The zero-order chi connectivity index (χ0) is 4.41. The maximum Gasteiger partial charge on any atom is 0.227 e. The van der Waals surface area contributed by atoms with Crippen molar-refractivity contribution >= 4 is 17.0 Å². The summed E-state index contributed by atoms with van der Waals surface area (Å²) in [6.45, 7) is 0. The van der Waals surface area contributed by atoms with E-state index in [4.69, 9.17) is 0 Å². The van der Waals surface area contributed by atoms with Crippen LogP contribution in [0.1, 0.15) is 0 Å². The van der Waals surface area contributed by atoms with Crippen molar-refractivity contribution in [1.82, 2.24) is 0 Å². The minimum Gasteiger partial charge on any atom is -0.114 e. The van der Waals surface area contributed by atoms with Gasteiger partial charge < -0.3 is 0 Å². The third-order valence-corrected chi connectivity index (χ3v) is 0.577. The number of halogens is 1. The third kappa shape index (κ3) is 1.64. The lowest BCUT2D eigenvalue weighted by Crippen LogP contribution is -1.76. The number of nitrogens with zero attached hydrogens (tertiary/aromatic N) is 1. The molecule has 0 amide bonds. The molecule has 7 heavy (non-hydrogen) atoms. The van der Waals surface area contributed by atoms with Gasteiger partial charge in [-0.15, -0.1) is 17.0 Å². The molecule has 0 radical (unpaired) electrons. The zero-order valence-electron chi connectivity index (χ0n) is 3.57. The molecule has 1 aliphatic heterocycles. The Hall–Kier alpha value is -0.440. The van der Waals surface area contributed by atoms with Crippen molar-refractivity contribution in [2.45, 2.75) is 0 Å². The Labute approximate surface area is 51.9 Å². The summed E-state index contributed by atoms with van der Waals surface area (Å²) in [7, 11) is 0. The fourth-order valence-electron chi connectivity index (χ4n) is 0.319. The Morgan fingerprint density at radius 1 is 1.14 bits per heavy atom. The smallest absolute Gasteiger partial charge is 0.114 e. The van der Waals surface area contributed by atoms with Crippen LogP contribution in [0.3, 0.4) is 0 Å². The van der Waals surface area contributed by atoms with Crippen molar-refractivity contribution in [2.75, 3.05) is 0 Å². The van der Waals surface area contributed by atoms with Gasteiger partial charge in [-0.1, -0.05) is 0 Å². The molecule has 0 saturated carbocycles. The van der Waals surface area contributed by atoms with E-state index >= 15 is 0 Å². The standard InChI is InChI=1S/C4H4NO.BrH/c6-5-3-1-2-4-5;/h1-4H;1H/q+1;. The minimum absolute atomic E-state index is 0. The fraction of sp³-hybridized carbons (Fsp3) is 0. The van der Waals surface area contributed by atoms with Gasteiger partial charge in [-0.25, -0.2) is 0 Å². The second-order valence-electron chi connectivity index (χ2n) is 1.04. The van der Waals surface area contributed by atoms with Crippen LogP contribution in [0, 0.1) is 4.91 Å². The number of hydrogen-bond acceptors (Lipinski definition) is 1. The van der Waals surface area contributed by atoms with E-state index in [1.807, 2.05) is 0 Å². The lowest BCUT2D eigenvalue weighted by atomic mass is 10.6. The summed E-state index contributed by atoms with van der Waals surface area (Å²) in [6.07, 6.45) is 6.26. The lowest BCUT2D eigenvalue weighted by molar-refractivity contribution is -0.397. The molecule has 0 aromatic rings. The Morgan fingerprint density at radius 2 is 1.57 bits per heavy atom. The number of allylic oxidation sites excluding steroid dienone is 2. The quantitative estimate of drug-likeness (QED) is 0.494. The van der Waals surface area contributed by atoms with Gasteiger partial charge in [0.1, 0.15) is 0 Å². The van der Waals surface area contributed by atoms with Crippen LogP contribution in [0.4, 0.5) is 0 Å². The average molecular weight is 163 g/mol. The van der Waals surface area contributed by atoms with Gasteiger partial charge in [0.2, 0.25) is 12.4 Å². The molecule has 0 spiro atoms. The van der Waals surface area contributed by atoms with E-state index in [-0.39, 0.29) is 17.0 Å². The van der Waals surface area contributed by atoms with Crippen LogP contribution in [0.5, 0.6) is 0 Å². The van der Waals surface area contributed by atoms with Gasteiger partial charge in [-0.2, -0.15) is 0 Å². The average Bonchev–Trinajstić information content (AvgIpc) is 1.86. The molecule has 1 aliphatic rings. The Bertz CT molecular complexity index is 114. The second kappa shape index (κ2) is 2.69. The predicted molar refractivity (Wildman–Crippen MR) is 32.2 cm³/mol. The summed E-state index contributed by atoms with van der Waals surface area (Å²) in [5, 5.41) is 0. The van der Waals surface area contributed by atoms with E-state index in [0.29, 0.717) is 0 Å². The van der Waals surface area contributed by atoms with Crippen molar-refractivity contribution < 1.29 is 4.76 Å². The van der Waals surface area contributed by atoms with Gasteiger partial charge in [0.15, 0.2) is 0 Å². The topological polar surface area (TPSA) is 20.1 Å². The van der Waals surface area contributed by atoms with Crippen molar-refractivity contribution in [3.05, 3.63) is 29.5 Å². The molecule has 0 aromatic carbocycles. The van der Waals surface area contributed by atoms with E-state index in [0.717, 1.165) is 4.76 Å². The monoisotopic (exact) mass is 162 g/mol. The second-order valence-corrected chi connectivity index (χ2v) is 1.04. The predicted octanol–water partition coefficient (Wildman–Crippen LogP) is 1.38. The summed E-state index contributed by atoms with van der Waals surface area (Å²) in [5.74, 6) is 0. The highest BCUT2D eigenvalue weighted by Gasteiger charge is 1.97. The SMILES string of the molecule is Br.O=[N+]1C=CC=C1. The first kappa shape index (κ1) is 6.56. The number of rotatable bonds is 0. The minimum atomic E-state index is 0. The number of hydrogen-bond donors (Lipinski definition) is 0. The molecule has 1 heterocycles.